The van der Waals surface area contributed by atoms with Gasteiger partial charge >= 0.3 is 0 Å². The topological polar surface area (TPSA) is 69.7 Å². The summed E-state index contributed by atoms with van der Waals surface area (Å²) in [7, 11) is 0. The van der Waals surface area contributed by atoms with Crippen LogP contribution in [-0.2, 0) is 15.0 Å². The third-order valence-electron chi connectivity index (χ3n) is 6.32. The molecule has 1 aromatic carbocycles. The van der Waals surface area contributed by atoms with E-state index in [9.17, 15) is 14.4 Å². The molecule has 6 nitrogen and oxygen atoms in total. The lowest BCUT2D eigenvalue weighted by molar-refractivity contribution is -0.139. The minimum Gasteiger partial charge on any atom is -0.344 e. The first-order valence-electron chi connectivity index (χ1n) is 10.3. The molecule has 0 unspecified atom stereocenters. The van der Waals surface area contributed by atoms with Crippen molar-refractivity contribution in [3.63, 3.8) is 0 Å². The molecule has 6 heteroatoms. The van der Waals surface area contributed by atoms with Crippen molar-refractivity contribution in [1.82, 2.24) is 15.1 Å². The van der Waals surface area contributed by atoms with Gasteiger partial charge in [0.1, 0.15) is 6.04 Å². The number of benzene rings is 1. The molecule has 3 heterocycles. The number of carbonyl (C=O) groups excluding carboxylic acids is 3. The highest BCUT2D eigenvalue weighted by Gasteiger charge is 2.46. The fraction of sp³-hybridized carbons (Fsp3) is 0.591. The van der Waals surface area contributed by atoms with Gasteiger partial charge in [-0.3, -0.25) is 14.4 Å². The largest absolute Gasteiger partial charge is 0.344 e. The summed E-state index contributed by atoms with van der Waals surface area (Å²) >= 11 is 0. The number of nitrogens with zero attached hydrogens (tertiary/aromatic N) is 2. The molecule has 28 heavy (non-hydrogen) atoms. The zero-order valence-corrected chi connectivity index (χ0v) is 16.9. The number of carbonyl (C=O) groups is 3. The average molecular weight is 383 g/mol. The summed E-state index contributed by atoms with van der Waals surface area (Å²) < 4.78 is 0. The maximum absolute atomic E-state index is 13.0. The zero-order valence-electron chi connectivity index (χ0n) is 16.9. The fourth-order valence-electron chi connectivity index (χ4n) is 4.70. The minimum atomic E-state index is -0.386. The SMILES string of the molecule is CC(C)(C)c1ccc(C(=O)N2C[C@H]3CC[C@@H](C2)N3C(=O)[C@H]2CCC(=O)N2)cc1. The van der Waals surface area contributed by atoms with Crippen LogP contribution in [0, 0.1) is 0 Å². The lowest BCUT2D eigenvalue weighted by atomic mass is 9.86. The summed E-state index contributed by atoms with van der Waals surface area (Å²) in [6, 6.07) is 7.62. The summed E-state index contributed by atoms with van der Waals surface area (Å²) in [4.78, 5) is 41.2. The van der Waals surface area contributed by atoms with E-state index < -0.39 is 0 Å². The monoisotopic (exact) mass is 383 g/mol. The van der Waals surface area contributed by atoms with E-state index in [1.54, 1.807) is 0 Å². The first-order valence-corrected chi connectivity index (χ1v) is 10.3. The third kappa shape index (κ3) is 3.40. The Morgan fingerprint density at radius 1 is 1.00 bits per heavy atom. The summed E-state index contributed by atoms with van der Waals surface area (Å²) in [5.41, 5.74) is 1.97. The van der Waals surface area contributed by atoms with Crippen molar-refractivity contribution in [1.29, 1.82) is 0 Å². The van der Waals surface area contributed by atoms with Crippen LogP contribution in [0.15, 0.2) is 24.3 Å². The van der Waals surface area contributed by atoms with E-state index in [0.29, 0.717) is 31.5 Å². The predicted octanol–water partition coefficient (Wildman–Crippen LogP) is 2.08. The Balaban J connectivity index is 1.44. The van der Waals surface area contributed by atoms with Crippen molar-refractivity contribution in [2.75, 3.05) is 13.1 Å². The van der Waals surface area contributed by atoms with Crippen LogP contribution in [0.1, 0.15) is 62.4 Å². The standard InChI is InChI=1S/C22H29N3O3/c1-22(2,3)15-6-4-14(5-7-15)20(27)24-12-16-8-9-17(13-24)25(16)21(28)18-10-11-19(26)23-18/h4-7,16-18H,8-13H2,1-3H3,(H,23,26)/t16-,17+,18-/m1/s1. The molecule has 2 bridgehead atoms. The van der Waals surface area contributed by atoms with E-state index >= 15 is 0 Å². The molecule has 4 rings (SSSR count). The Bertz CT molecular complexity index is 782. The maximum Gasteiger partial charge on any atom is 0.253 e. The van der Waals surface area contributed by atoms with E-state index in [-0.39, 0.29) is 41.3 Å². The molecule has 0 radical (unpaired) electrons. The van der Waals surface area contributed by atoms with E-state index in [2.05, 4.69) is 26.1 Å². The van der Waals surface area contributed by atoms with Crippen molar-refractivity contribution < 1.29 is 14.4 Å². The molecule has 3 aliphatic heterocycles. The number of amides is 3. The summed E-state index contributed by atoms with van der Waals surface area (Å²) in [6.07, 6.45) is 2.85. The normalized spacial score (nSPS) is 27.1. The highest BCUT2D eigenvalue weighted by Crippen LogP contribution is 2.32. The summed E-state index contributed by atoms with van der Waals surface area (Å²) in [5, 5.41) is 2.79. The van der Waals surface area contributed by atoms with Gasteiger partial charge in [0.2, 0.25) is 11.8 Å². The number of hydrogen-bond donors (Lipinski definition) is 1. The smallest absolute Gasteiger partial charge is 0.253 e. The van der Waals surface area contributed by atoms with Crippen molar-refractivity contribution in [3.8, 4) is 0 Å². The van der Waals surface area contributed by atoms with E-state index in [1.165, 1.54) is 5.56 Å². The van der Waals surface area contributed by atoms with Crippen LogP contribution in [0.3, 0.4) is 0 Å². The van der Waals surface area contributed by atoms with Crippen LogP contribution in [0.4, 0.5) is 0 Å². The quantitative estimate of drug-likeness (QED) is 0.850. The first-order chi connectivity index (χ1) is 13.2. The van der Waals surface area contributed by atoms with Crippen LogP contribution in [0.5, 0.6) is 0 Å². The van der Waals surface area contributed by atoms with Crippen LogP contribution < -0.4 is 5.32 Å². The second kappa shape index (κ2) is 6.90. The van der Waals surface area contributed by atoms with Crippen molar-refractivity contribution in [2.45, 2.75) is 70.0 Å². The molecule has 3 atom stereocenters. The van der Waals surface area contributed by atoms with Gasteiger partial charge in [-0.15, -0.1) is 0 Å². The van der Waals surface area contributed by atoms with Gasteiger partial charge in [0, 0.05) is 37.2 Å². The fourth-order valence-corrected chi connectivity index (χ4v) is 4.70. The first kappa shape index (κ1) is 19.0. The molecule has 3 fully saturated rings. The van der Waals surface area contributed by atoms with E-state index in [1.807, 2.05) is 34.1 Å². The highest BCUT2D eigenvalue weighted by molar-refractivity contribution is 5.95. The van der Waals surface area contributed by atoms with E-state index in [4.69, 9.17) is 0 Å². The lowest BCUT2D eigenvalue weighted by Crippen LogP contribution is -2.60. The van der Waals surface area contributed by atoms with Gasteiger partial charge in [0.15, 0.2) is 0 Å². The predicted molar refractivity (Wildman–Crippen MR) is 106 cm³/mol. The van der Waals surface area contributed by atoms with Crippen LogP contribution in [-0.4, -0.2) is 58.7 Å². The van der Waals surface area contributed by atoms with Crippen molar-refractivity contribution in [2.24, 2.45) is 0 Å². The Labute approximate surface area is 166 Å². The number of likely N-dealkylation sites (tertiary alicyclic amines) is 1. The van der Waals surface area contributed by atoms with Crippen LogP contribution in [0.2, 0.25) is 0 Å². The molecule has 0 aromatic heterocycles. The van der Waals surface area contributed by atoms with E-state index in [0.717, 1.165) is 12.8 Å². The Kier molecular flexibility index (Phi) is 4.68. The Morgan fingerprint density at radius 2 is 1.61 bits per heavy atom. The van der Waals surface area contributed by atoms with Crippen molar-refractivity contribution in [3.05, 3.63) is 35.4 Å². The van der Waals surface area contributed by atoms with Gasteiger partial charge in [0.05, 0.1) is 0 Å². The molecule has 1 aromatic rings. The number of nitrogens with one attached hydrogen (secondary N) is 1. The van der Waals surface area contributed by atoms with Crippen molar-refractivity contribution >= 4 is 17.7 Å². The van der Waals surface area contributed by atoms with Gasteiger partial charge in [-0.05, 0) is 42.4 Å². The van der Waals surface area contributed by atoms with Gasteiger partial charge in [-0.1, -0.05) is 32.9 Å². The third-order valence-corrected chi connectivity index (χ3v) is 6.32. The Morgan fingerprint density at radius 3 is 2.11 bits per heavy atom. The molecular formula is C22H29N3O3. The molecule has 1 N–H and O–H groups in total. The number of hydrogen-bond acceptors (Lipinski definition) is 3. The van der Waals surface area contributed by atoms with Crippen LogP contribution in [0.25, 0.3) is 0 Å². The second-order valence-corrected chi connectivity index (χ2v) is 9.33. The second-order valence-electron chi connectivity index (χ2n) is 9.33. The summed E-state index contributed by atoms with van der Waals surface area (Å²) in [5.74, 6) is 0.0248. The number of fused-ring (bicyclic) bond motifs is 2. The molecule has 3 aliphatic rings. The maximum atomic E-state index is 13.0. The number of piperazine rings is 1. The average Bonchev–Trinajstić information content (AvgIpc) is 3.20. The summed E-state index contributed by atoms with van der Waals surface area (Å²) in [6.45, 7) is 7.62. The van der Waals surface area contributed by atoms with Gasteiger partial charge in [-0.2, -0.15) is 0 Å². The minimum absolute atomic E-state index is 0.0278. The van der Waals surface area contributed by atoms with Gasteiger partial charge < -0.3 is 15.1 Å². The molecule has 3 amide bonds. The van der Waals surface area contributed by atoms with Gasteiger partial charge in [-0.25, -0.2) is 0 Å². The number of rotatable bonds is 2. The zero-order chi connectivity index (χ0) is 20.1. The molecule has 0 aliphatic carbocycles. The molecule has 3 saturated heterocycles. The molecule has 0 spiro atoms. The van der Waals surface area contributed by atoms with Gasteiger partial charge in [0.25, 0.3) is 5.91 Å². The lowest BCUT2D eigenvalue weighted by Gasteiger charge is -2.42. The molecule has 0 saturated carbocycles. The molecular weight excluding hydrogens is 354 g/mol. The van der Waals surface area contributed by atoms with Crippen LogP contribution >= 0.6 is 0 Å². The highest BCUT2D eigenvalue weighted by atomic mass is 16.2. The Hall–Kier alpha value is -2.37. The molecule has 150 valence electrons.